The van der Waals surface area contributed by atoms with Crippen LogP contribution in [0.25, 0.3) is 0 Å². The molecule has 0 bridgehead atoms. The van der Waals surface area contributed by atoms with Gasteiger partial charge in [-0.25, -0.2) is 4.79 Å². The fourth-order valence-electron chi connectivity index (χ4n) is 2.02. The number of aromatic nitrogens is 2. The Labute approximate surface area is 142 Å². The van der Waals surface area contributed by atoms with Gasteiger partial charge in [0.15, 0.2) is 0 Å². The predicted octanol–water partition coefficient (Wildman–Crippen LogP) is 3.05. The number of carbonyl (C=O) groups excluding carboxylic acids is 1. The average molecular weight is 344 g/mol. The van der Waals surface area contributed by atoms with Gasteiger partial charge in [0.1, 0.15) is 5.75 Å². The summed E-state index contributed by atoms with van der Waals surface area (Å²) >= 11 is 1.58. The molecule has 0 fully saturated rings. The van der Waals surface area contributed by atoms with Gasteiger partial charge in [0.2, 0.25) is 5.89 Å². The van der Waals surface area contributed by atoms with Crippen LogP contribution in [0, 0.1) is 0 Å². The Kier molecular flexibility index (Phi) is 5.07. The van der Waals surface area contributed by atoms with Crippen molar-refractivity contribution in [2.45, 2.75) is 13.0 Å². The van der Waals surface area contributed by atoms with Crippen LogP contribution in [-0.4, -0.2) is 23.3 Å². The number of carbonyl (C=O) groups is 1. The molecule has 2 heterocycles. The second-order valence-corrected chi connectivity index (χ2v) is 5.95. The molecule has 3 aromatic rings. The van der Waals surface area contributed by atoms with Crippen molar-refractivity contribution in [2.24, 2.45) is 0 Å². The van der Waals surface area contributed by atoms with E-state index in [1.165, 1.54) is 0 Å². The smallest absolute Gasteiger partial charge is 0.323 e. The molecule has 0 aliphatic carbocycles. The highest BCUT2D eigenvalue weighted by Gasteiger charge is 2.10. The van der Waals surface area contributed by atoms with E-state index in [1.807, 2.05) is 41.8 Å². The molecule has 0 atom stereocenters. The van der Waals surface area contributed by atoms with Gasteiger partial charge < -0.3 is 14.5 Å². The van der Waals surface area contributed by atoms with Crippen LogP contribution in [0.3, 0.4) is 0 Å². The number of nitrogens with one attached hydrogen (secondary N) is 2. The third-order valence-electron chi connectivity index (χ3n) is 3.20. The molecular formula is C16H16N4O3S. The molecule has 0 saturated heterocycles. The molecule has 2 N–H and O–H groups in total. The van der Waals surface area contributed by atoms with E-state index in [9.17, 15) is 4.79 Å². The Hall–Kier alpha value is -2.87. The maximum atomic E-state index is 11.8. The lowest BCUT2D eigenvalue weighted by atomic mass is 10.1. The third-order valence-corrected chi connectivity index (χ3v) is 4.08. The maximum Gasteiger partial charge on any atom is 0.323 e. The first kappa shape index (κ1) is 16.0. The number of anilines is 1. The van der Waals surface area contributed by atoms with Gasteiger partial charge in [-0.2, -0.15) is 0 Å². The van der Waals surface area contributed by atoms with E-state index in [0.717, 1.165) is 16.2 Å². The van der Waals surface area contributed by atoms with E-state index in [-0.39, 0.29) is 12.0 Å². The SMILES string of the molecule is COc1ccc(Cc2nnc(NC(=O)NCc3cccs3)o2)cc1. The summed E-state index contributed by atoms with van der Waals surface area (Å²) in [4.78, 5) is 12.9. The number of nitrogens with zero attached hydrogens (tertiary/aromatic N) is 2. The van der Waals surface area contributed by atoms with Crippen LogP contribution in [0.5, 0.6) is 5.75 Å². The number of benzene rings is 1. The van der Waals surface area contributed by atoms with Crippen LogP contribution in [0.2, 0.25) is 0 Å². The van der Waals surface area contributed by atoms with Gasteiger partial charge in [0, 0.05) is 4.88 Å². The first-order valence-corrected chi connectivity index (χ1v) is 8.13. The van der Waals surface area contributed by atoms with Gasteiger partial charge in [-0.1, -0.05) is 23.3 Å². The summed E-state index contributed by atoms with van der Waals surface area (Å²) in [5.74, 6) is 1.21. The second-order valence-electron chi connectivity index (χ2n) is 4.91. The van der Waals surface area contributed by atoms with E-state index < -0.39 is 0 Å². The van der Waals surface area contributed by atoms with Crippen LogP contribution in [0.1, 0.15) is 16.3 Å². The molecule has 124 valence electrons. The fraction of sp³-hybridized carbons (Fsp3) is 0.188. The van der Waals surface area contributed by atoms with Crippen LogP contribution < -0.4 is 15.4 Å². The lowest BCUT2D eigenvalue weighted by molar-refractivity contribution is 0.251. The van der Waals surface area contributed by atoms with E-state index in [0.29, 0.717) is 18.9 Å². The fourth-order valence-corrected chi connectivity index (χ4v) is 2.66. The van der Waals surface area contributed by atoms with Gasteiger partial charge in [0.05, 0.1) is 20.1 Å². The number of rotatable bonds is 6. The number of urea groups is 1. The summed E-state index contributed by atoms with van der Waals surface area (Å²) in [7, 11) is 1.62. The molecule has 7 nitrogen and oxygen atoms in total. The van der Waals surface area contributed by atoms with Gasteiger partial charge in [0.25, 0.3) is 0 Å². The summed E-state index contributed by atoms with van der Waals surface area (Å²) in [5.41, 5.74) is 1.01. The first-order valence-electron chi connectivity index (χ1n) is 7.25. The molecular weight excluding hydrogens is 328 g/mol. The summed E-state index contributed by atoms with van der Waals surface area (Å²) in [5, 5.41) is 15.0. The number of hydrogen-bond donors (Lipinski definition) is 2. The van der Waals surface area contributed by atoms with Gasteiger partial charge in [-0.3, -0.25) is 5.32 Å². The van der Waals surface area contributed by atoms with Crippen LogP contribution in [-0.2, 0) is 13.0 Å². The van der Waals surface area contributed by atoms with Crippen molar-refractivity contribution in [3.8, 4) is 5.75 Å². The Bertz CT molecular complexity index is 784. The average Bonchev–Trinajstić information content (AvgIpc) is 3.26. The number of methoxy groups -OCH3 is 1. The molecule has 2 aromatic heterocycles. The number of ether oxygens (including phenoxy) is 1. The highest BCUT2D eigenvalue weighted by Crippen LogP contribution is 2.15. The Morgan fingerprint density at radius 1 is 1.25 bits per heavy atom. The molecule has 0 aliphatic rings. The third kappa shape index (κ3) is 4.32. The van der Waals surface area contributed by atoms with Crippen molar-refractivity contribution in [2.75, 3.05) is 12.4 Å². The van der Waals surface area contributed by atoms with Crippen molar-refractivity contribution in [3.63, 3.8) is 0 Å². The summed E-state index contributed by atoms with van der Waals surface area (Å²) in [6.07, 6.45) is 0.482. The second kappa shape index (κ2) is 7.60. The zero-order valence-electron chi connectivity index (χ0n) is 13.0. The normalized spacial score (nSPS) is 10.4. The molecule has 0 unspecified atom stereocenters. The van der Waals surface area contributed by atoms with Crippen molar-refractivity contribution in [1.29, 1.82) is 0 Å². The molecule has 2 amide bonds. The van der Waals surface area contributed by atoms with Crippen LogP contribution >= 0.6 is 11.3 Å². The summed E-state index contributed by atoms with van der Waals surface area (Å²) in [6.45, 7) is 0.455. The highest BCUT2D eigenvalue weighted by molar-refractivity contribution is 7.09. The Morgan fingerprint density at radius 2 is 2.08 bits per heavy atom. The summed E-state index contributed by atoms with van der Waals surface area (Å²) in [6, 6.07) is 11.1. The van der Waals surface area contributed by atoms with Crippen molar-refractivity contribution >= 4 is 23.4 Å². The minimum Gasteiger partial charge on any atom is -0.497 e. The zero-order valence-corrected chi connectivity index (χ0v) is 13.8. The van der Waals surface area contributed by atoms with Crippen molar-refractivity contribution in [1.82, 2.24) is 15.5 Å². The lowest BCUT2D eigenvalue weighted by Gasteiger charge is -2.02. The predicted molar refractivity (Wildman–Crippen MR) is 90.3 cm³/mol. The molecule has 1 aromatic carbocycles. The highest BCUT2D eigenvalue weighted by atomic mass is 32.1. The largest absolute Gasteiger partial charge is 0.497 e. The van der Waals surface area contributed by atoms with E-state index in [2.05, 4.69) is 20.8 Å². The van der Waals surface area contributed by atoms with E-state index in [1.54, 1.807) is 18.4 Å². The van der Waals surface area contributed by atoms with Crippen LogP contribution in [0.4, 0.5) is 10.8 Å². The lowest BCUT2D eigenvalue weighted by Crippen LogP contribution is -2.27. The summed E-state index contributed by atoms with van der Waals surface area (Å²) < 4.78 is 10.5. The van der Waals surface area contributed by atoms with Gasteiger partial charge >= 0.3 is 12.0 Å². The Balaban J connectivity index is 1.51. The first-order chi connectivity index (χ1) is 11.7. The van der Waals surface area contributed by atoms with E-state index >= 15 is 0 Å². The van der Waals surface area contributed by atoms with Gasteiger partial charge in [-0.15, -0.1) is 16.4 Å². The van der Waals surface area contributed by atoms with Gasteiger partial charge in [-0.05, 0) is 29.1 Å². The minimum absolute atomic E-state index is 0.0715. The topological polar surface area (TPSA) is 89.3 Å². The zero-order chi connectivity index (χ0) is 16.8. The molecule has 3 rings (SSSR count). The number of hydrogen-bond acceptors (Lipinski definition) is 6. The molecule has 0 radical (unpaired) electrons. The quantitative estimate of drug-likeness (QED) is 0.717. The number of thiophene rings is 1. The van der Waals surface area contributed by atoms with Crippen molar-refractivity contribution in [3.05, 3.63) is 58.1 Å². The molecule has 0 aliphatic heterocycles. The van der Waals surface area contributed by atoms with E-state index in [4.69, 9.17) is 9.15 Å². The minimum atomic E-state index is -0.386. The Morgan fingerprint density at radius 3 is 2.79 bits per heavy atom. The molecule has 0 saturated carbocycles. The molecule has 24 heavy (non-hydrogen) atoms. The number of amides is 2. The molecule has 8 heteroatoms. The van der Waals surface area contributed by atoms with Crippen molar-refractivity contribution < 1.29 is 13.9 Å². The molecule has 0 spiro atoms. The van der Waals surface area contributed by atoms with Crippen LogP contribution in [0.15, 0.2) is 46.2 Å². The standard InChI is InChI=1S/C16H16N4O3S/c1-22-12-6-4-11(5-7-12)9-14-19-20-16(23-14)18-15(21)17-10-13-3-2-8-24-13/h2-8H,9-10H2,1H3,(H2,17,18,20,21). The maximum absolute atomic E-state index is 11.8. The monoisotopic (exact) mass is 344 g/mol.